The molecule has 0 atom stereocenters. The van der Waals surface area contributed by atoms with Gasteiger partial charge in [0.05, 0.1) is 27.6 Å². The first-order valence-electron chi connectivity index (χ1n) is 15.0. The number of rotatable bonds is 14. The van der Waals surface area contributed by atoms with Crippen LogP contribution in [0.3, 0.4) is 0 Å². The Morgan fingerprint density at radius 1 is 0.957 bits per heavy atom. The molecule has 0 bridgehead atoms. The van der Waals surface area contributed by atoms with Crippen molar-refractivity contribution < 1.29 is 39.7 Å². The van der Waals surface area contributed by atoms with E-state index in [9.17, 15) is 25.9 Å². The molecule has 1 aliphatic rings. The standard InChI is InChI=1S/C33H35ClN2O8S2/c1-2-24(21-33-36(17-7-9-19-46(40,41)42)29-23-27(34)13-15-31(29)44-33)20-32-35(16-6-8-18-45(37,38)39)28-22-26(12-14-30(28)43-32)25-10-4-3-5-11-25/h3-5,10-15,20-23H,2,6-9,16-19H2,1H3,(H-,37,38,39,40,41,42). The molecule has 0 unspecified atom stereocenters. The molecule has 0 amide bonds. The van der Waals surface area contributed by atoms with Gasteiger partial charge in [0.25, 0.3) is 15.6 Å². The lowest BCUT2D eigenvalue weighted by Crippen LogP contribution is -2.35. The topological polar surface area (TPSA) is 141 Å². The Balaban J connectivity index is 1.50. The number of halogens is 1. The minimum Gasteiger partial charge on any atom is -0.748 e. The van der Waals surface area contributed by atoms with Gasteiger partial charge in [-0.25, -0.2) is 8.42 Å². The number of hydrogen-bond donors (Lipinski definition) is 1. The number of aromatic nitrogens is 1. The zero-order chi connectivity index (χ0) is 32.9. The Morgan fingerprint density at radius 2 is 1.72 bits per heavy atom. The normalized spacial score (nSPS) is 14.7. The minimum atomic E-state index is -4.31. The summed E-state index contributed by atoms with van der Waals surface area (Å²) >= 11 is 6.29. The fraction of sp³-hybridized carbons (Fsp3) is 0.303. The number of anilines is 1. The molecular weight excluding hydrogens is 652 g/mol. The molecule has 244 valence electrons. The first kappa shape index (κ1) is 33.7. The smallest absolute Gasteiger partial charge is 0.374 e. The summed E-state index contributed by atoms with van der Waals surface area (Å²) in [6, 6.07) is 21.2. The molecule has 0 saturated carbocycles. The lowest BCUT2D eigenvalue weighted by molar-refractivity contribution is -0.678. The van der Waals surface area contributed by atoms with Crippen molar-refractivity contribution in [3.8, 4) is 16.9 Å². The predicted octanol–water partition coefficient (Wildman–Crippen LogP) is 6.57. The first-order chi connectivity index (χ1) is 21.9. The molecule has 0 aliphatic carbocycles. The number of benzene rings is 3. The molecule has 13 heteroatoms. The molecule has 0 fully saturated rings. The van der Waals surface area contributed by atoms with Crippen LogP contribution >= 0.6 is 11.6 Å². The lowest BCUT2D eigenvalue weighted by atomic mass is 10.1. The van der Waals surface area contributed by atoms with E-state index in [-0.39, 0.29) is 18.6 Å². The SMILES string of the molecule is CCC(/C=C1\Oc2ccc(Cl)cc2N1CCCCS(=O)(=O)[O-])=C\c1oc2ccc(-c3ccccc3)cc2[n+]1CCCCS(=O)(=O)O. The maximum Gasteiger partial charge on any atom is 0.374 e. The van der Waals surface area contributed by atoms with Crippen LogP contribution in [0.4, 0.5) is 5.69 Å². The van der Waals surface area contributed by atoms with Crippen LogP contribution in [0.2, 0.25) is 5.02 Å². The van der Waals surface area contributed by atoms with Crippen molar-refractivity contribution >= 4 is 54.7 Å². The molecule has 1 N–H and O–H groups in total. The van der Waals surface area contributed by atoms with Gasteiger partial charge in [-0.05, 0) is 66.6 Å². The van der Waals surface area contributed by atoms with E-state index in [2.05, 4.69) is 0 Å². The van der Waals surface area contributed by atoms with Gasteiger partial charge >= 0.3 is 5.89 Å². The Morgan fingerprint density at radius 3 is 2.43 bits per heavy atom. The molecular formula is C33H35ClN2O8S2. The van der Waals surface area contributed by atoms with Crippen molar-refractivity contribution in [3.05, 3.63) is 95.2 Å². The quantitative estimate of drug-likeness (QED) is 0.0886. The molecule has 4 aromatic rings. The zero-order valence-electron chi connectivity index (χ0n) is 25.3. The number of nitrogens with zero attached hydrogens (tertiary/aromatic N) is 2. The molecule has 0 saturated heterocycles. The van der Waals surface area contributed by atoms with Crippen molar-refractivity contribution in [1.82, 2.24) is 0 Å². The number of oxazole rings is 1. The Labute approximate surface area is 274 Å². The average Bonchev–Trinajstić information content (AvgIpc) is 3.52. The van der Waals surface area contributed by atoms with Gasteiger partial charge < -0.3 is 18.6 Å². The van der Waals surface area contributed by atoms with E-state index in [4.69, 9.17) is 20.8 Å². The van der Waals surface area contributed by atoms with Crippen LogP contribution in [0.25, 0.3) is 28.3 Å². The van der Waals surface area contributed by atoms with Crippen LogP contribution in [0.15, 0.2) is 88.7 Å². The first-order valence-corrected chi connectivity index (χ1v) is 18.5. The third-order valence-electron chi connectivity index (χ3n) is 7.62. The van der Waals surface area contributed by atoms with E-state index >= 15 is 0 Å². The Kier molecular flexibility index (Phi) is 10.5. The van der Waals surface area contributed by atoms with Crippen molar-refractivity contribution in [2.75, 3.05) is 23.0 Å². The van der Waals surface area contributed by atoms with Gasteiger partial charge in [0.2, 0.25) is 11.5 Å². The summed E-state index contributed by atoms with van der Waals surface area (Å²) in [7, 11) is -8.38. The second-order valence-corrected chi connectivity index (χ2v) is 14.6. The van der Waals surface area contributed by atoms with E-state index in [1.54, 1.807) is 18.2 Å². The summed E-state index contributed by atoms with van der Waals surface area (Å²) in [5.41, 5.74) is 5.17. The van der Waals surface area contributed by atoms with E-state index in [0.717, 1.165) is 27.9 Å². The van der Waals surface area contributed by atoms with Gasteiger partial charge in [0, 0.05) is 35.9 Å². The van der Waals surface area contributed by atoms with Crippen LogP contribution < -0.4 is 14.2 Å². The van der Waals surface area contributed by atoms with Crippen molar-refractivity contribution in [2.45, 2.75) is 45.6 Å². The molecule has 3 aromatic carbocycles. The van der Waals surface area contributed by atoms with Crippen molar-refractivity contribution in [2.24, 2.45) is 0 Å². The summed E-state index contributed by atoms with van der Waals surface area (Å²) in [5.74, 6) is 0.929. The molecule has 46 heavy (non-hydrogen) atoms. The summed E-state index contributed by atoms with van der Waals surface area (Å²) in [5, 5.41) is 0.522. The number of ether oxygens (including phenoxy) is 1. The highest BCUT2D eigenvalue weighted by Gasteiger charge is 2.27. The van der Waals surface area contributed by atoms with E-state index in [0.29, 0.717) is 60.5 Å². The van der Waals surface area contributed by atoms with Crippen LogP contribution in [0.1, 0.15) is 44.9 Å². The van der Waals surface area contributed by atoms with Gasteiger partial charge in [-0.1, -0.05) is 54.9 Å². The van der Waals surface area contributed by atoms with E-state index in [1.807, 2.05) is 77.1 Å². The summed E-state index contributed by atoms with van der Waals surface area (Å²) < 4.78 is 79.8. The molecule has 1 aliphatic heterocycles. The fourth-order valence-electron chi connectivity index (χ4n) is 5.33. The van der Waals surface area contributed by atoms with E-state index < -0.39 is 26.0 Å². The maximum absolute atomic E-state index is 11.3. The predicted molar refractivity (Wildman–Crippen MR) is 177 cm³/mol. The van der Waals surface area contributed by atoms with Crippen molar-refractivity contribution in [3.63, 3.8) is 0 Å². The largest absolute Gasteiger partial charge is 0.748 e. The molecule has 5 rings (SSSR count). The number of fused-ring (bicyclic) bond motifs is 2. The van der Waals surface area contributed by atoms with Crippen molar-refractivity contribution in [1.29, 1.82) is 0 Å². The summed E-state index contributed by atoms with van der Waals surface area (Å²) in [4.78, 5) is 1.91. The Hall–Kier alpha value is -3.68. The maximum atomic E-state index is 11.3. The molecule has 0 radical (unpaired) electrons. The highest BCUT2D eigenvalue weighted by atomic mass is 35.5. The van der Waals surface area contributed by atoms with Gasteiger partial charge in [-0.3, -0.25) is 4.55 Å². The fourth-order valence-corrected chi connectivity index (χ4v) is 6.62. The van der Waals surface area contributed by atoms with E-state index in [1.165, 1.54) is 0 Å². The molecule has 2 heterocycles. The number of allylic oxidation sites excluding steroid dienone is 2. The summed E-state index contributed by atoms with van der Waals surface area (Å²) in [6.07, 6.45) is 5.84. The van der Waals surface area contributed by atoms with Gasteiger partial charge in [-0.15, -0.1) is 0 Å². The average molecular weight is 687 g/mol. The highest BCUT2D eigenvalue weighted by Crippen LogP contribution is 2.41. The molecule has 0 spiro atoms. The lowest BCUT2D eigenvalue weighted by Gasteiger charge is -2.19. The van der Waals surface area contributed by atoms with Crippen LogP contribution in [-0.4, -0.2) is 44.0 Å². The Bertz CT molecular complexity index is 1990. The molecule has 10 nitrogen and oxygen atoms in total. The van der Waals surface area contributed by atoms with Gasteiger partial charge in [0.1, 0.15) is 0 Å². The second-order valence-electron chi connectivity index (χ2n) is 11.0. The van der Waals surface area contributed by atoms with Crippen LogP contribution in [-0.2, 0) is 26.8 Å². The number of unbranched alkanes of at least 4 members (excludes halogenated alkanes) is 2. The van der Waals surface area contributed by atoms with Crippen LogP contribution in [0, 0.1) is 0 Å². The number of hydrogen-bond acceptors (Lipinski definition) is 8. The monoisotopic (exact) mass is 686 g/mol. The molecule has 1 aromatic heterocycles. The second kappa shape index (κ2) is 14.4. The van der Waals surface area contributed by atoms with Crippen LogP contribution in [0.5, 0.6) is 5.75 Å². The van der Waals surface area contributed by atoms with Gasteiger partial charge in [-0.2, -0.15) is 13.0 Å². The third kappa shape index (κ3) is 8.77. The number of aryl methyl sites for hydroxylation is 1. The minimum absolute atomic E-state index is 0.212. The van der Waals surface area contributed by atoms with Gasteiger partial charge in [0.15, 0.2) is 12.3 Å². The highest BCUT2D eigenvalue weighted by molar-refractivity contribution is 7.85. The zero-order valence-corrected chi connectivity index (χ0v) is 27.7. The third-order valence-corrected chi connectivity index (χ3v) is 9.44. The summed E-state index contributed by atoms with van der Waals surface area (Å²) in [6.45, 7) is 2.86.